The number of aromatic nitrogens is 4. The first kappa shape index (κ1) is 25.9. The zero-order chi connectivity index (χ0) is 28.0. The zero-order valence-electron chi connectivity index (χ0n) is 23.5. The lowest BCUT2D eigenvalue weighted by atomic mass is 9.83. The van der Waals surface area contributed by atoms with Crippen LogP contribution in [0.2, 0.25) is 0 Å². The molecule has 0 bridgehead atoms. The van der Waals surface area contributed by atoms with Crippen molar-refractivity contribution in [1.82, 2.24) is 24.6 Å². The van der Waals surface area contributed by atoms with Crippen molar-refractivity contribution < 1.29 is 9.59 Å². The second kappa shape index (κ2) is 10.0. The van der Waals surface area contributed by atoms with Gasteiger partial charge >= 0.3 is 0 Å². The minimum Gasteiger partial charge on any atom is -0.358 e. The summed E-state index contributed by atoms with van der Waals surface area (Å²) in [6, 6.07) is 18.2. The molecule has 4 aromatic rings. The summed E-state index contributed by atoms with van der Waals surface area (Å²) in [5.74, 6) is 0.145. The van der Waals surface area contributed by atoms with Crippen LogP contribution < -0.4 is 4.90 Å². The van der Waals surface area contributed by atoms with E-state index in [4.69, 9.17) is 5.10 Å². The summed E-state index contributed by atoms with van der Waals surface area (Å²) in [7, 11) is 0. The van der Waals surface area contributed by atoms with Gasteiger partial charge < -0.3 is 9.80 Å². The number of likely N-dealkylation sites (tertiary alicyclic amines) is 1. The minimum atomic E-state index is -0.549. The number of anilines is 1. The topological polar surface area (TPSA) is 84.2 Å². The van der Waals surface area contributed by atoms with Crippen LogP contribution in [0.5, 0.6) is 0 Å². The molecule has 0 aliphatic carbocycles. The Balaban J connectivity index is 1.29. The molecule has 0 N–H and O–H groups in total. The Hall–Kier alpha value is -4.33. The van der Waals surface area contributed by atoms with Crippen LogP contribution >= 0.6 is 0 Å². The summed E-state index contributed by atoms with van der Waals surface area (Å²) in [5.41, 5.74) is 7.11. The Kier molecular flexibility index (Phi) is 6.49. The third-order valence-corrected chi connectivity index (χ3v) is 8.34. The molecule has 4 heterocycles. The number of amides is 1. The number of ketones is 1. The molecule has 6 rings (SSSR count). The number of carbonyl (C=O) groups excluding carboxylic acids is 2. The van der Waals surface area contributed by atoms with Crippen LogP contribution in [0, 0.1) is 27.7 Å². The third-order valence-electron chi connectivity index (χ3n) is 8.34. The number of carbonyl (C=O) groups is 2. The van der Waals surface area contributed by atoms with E-state index in [9.17, 15) is 9.59 Å². The van der Waals surface area contributed by atoms with Crippen molar-refractivity contribution in [3.8, 4) is 17.1 Å². The lowest BCUT2D eigenvalue weighted by Crippen LogP contribution is -2.56. The average molecular weight is 535 g/mol. The molecular formula is C32H34N6O2. The van der Waals surface area contributed by atoms with Gasteiger partial charge in [0, 0.05) is 37.9 Å². The summed E-state index contributed by atoms with van der Waals surface area (Å²) < 4.78 is 1.78. The number of Topliss-reactive ketones (excluding diaryl/α,β-unsaturated/α-hetero) is 1. The highest BCUT2D eigenvalue weighted by Gasteiger charge is 2.50. The van der Waals surface area contributed by atoms with Crippen LogP contribution in [0.3, 0.4) is 0 Å². The second-order valence-electron chi connectivity index (χ2n) is 11.1. The molecule has 2 aromatic heterocycles. The fraction of sp³-hybridized carbons (Fsp3) is 0.344. The van der Waals surface area contributed by atoms with Crippen molar-refractivity contribution in [3.63, 3.8) is 0 Å². The number of aryl methyl sites for hydroxylation is 4. The summed E-state index contributed by atoms with van der Waals surface area (Å²) in [5, 5.41) is 4.78. The van der Waals surface area contributed by atoms with E-state index in [1.165, 1.54) is 5.56 Å². The first-order chi connectivity index (χ1) is 19.2. The molecule has 8 heteroatoms. The molecule has 2 fully saturated rings. The highest BCUT2D eigenvalue weighted by molar-refractivity contribution is 5.97. The first-order valence-corrected chi connectivity index (χ1v) is 13.9. The summed E-state index contributed by atoms with van der Waals surface area (Å²) >= 11 is 0. The summed E-state index contributed by atoms with van der Waals surface area (Å²) in [6.45, 7) is 9.66. The molecular weight excluding hydrogens is 500 g/mol. The Bertz CT molecular complexity index is 1580. The lowest BCUT2D eigenvalue weighted by Gasteiger charge is -2.44. The van der Waals surface area contributed by atoms with E-state index in [0.29, 0.717) is 43.7 Å². The van der Waals surface area contributed by atoms with Crippen molar-refractivity contribution in [2.75, 3.05) is 24.5 Å². The smallest absolute Gasteiger partial charge is 0.274 e. The maximum atomic E-state index is 13.8. The van der Waals surface area contributed by atoms with Gasteiger partial charge in [0.15, 0.2) is 11.5 Å². The maximum Gasteiger partial charge on any atom is 0.274 e. The molecule has 0 radical (unpaired) electrons. The van der Waals surface area contributed by atoms with Gasteiger partial charge in [0.05, 0.1) is 22.8 Å². The summed E-state index contributed by atoms with van der Waals surface area (Å²) in [4.78, 5) is 40.4. The largest absolute Gasteiger partial charge is 0.358 e. The second-order valence-corrected chi connectivity index (χ2v) is 11.1. The normalized spacial score (nSPS) is 16.6. The Morgan fingerprint density at radius 2 is 1.48 bits per heavy atom. The van der Waals surface area contributed by atoms with Crippen LogP contribution in [0.1, 0.15) is 52.3 Å². The number of nitrogens with zero attached hydrogens (tertiary/aromatic N) is 6. The SMILES string of the molecule is Cc1ccc(N2CCC(=O)C23CCN(C(=O)c2cc(-c4ncc(C)nc4C)n(-c4ccc(C)cc4)n2)CC3)cc1. The van der Waals surface area contributed by atoms with Crippen LogP contribution in [0.15, 0.2) is 60.8 Å². The van der Waals surface area contributed by atoms with E-state index in [1.807, 2.05) is 56.0 Å². The third kappa shape index (κ3) is 4.47. The predicted octanol–water partition coefficient (Wildman–Crippen LogP) is 5.02. The molecule has 8 nitrogen and oxygen atoms in total. The fourth-order valence-electron chi connectivity index (χ4n) is 6.09. The van der Waals surface area contributed by atoms with E-state index in [2.05, 4.69) is 46.1 Å². The number of rotatable bonds is 4. The quantitative estimate of drug-likeness (QED) is 0.366. The van der Waals surface area contributed by atoms with E-state index in [1.54, 1.807) is 10.9 Å². The highest BCUT2D eigenvalue weighted by atomic mass is 16.2. The van der Waals surface area contributed by atoms with Gasteiger partial charge in [-0.2, -0.15) is 5.10 Å². The molecule has 2 saturated heterocycles. The molecule has 2 aliphatic heterocycles. The summed E-state index contributed by atoms with van der Waals surface area (Å²) in [6.07, 6.45) is 3.50. The molecule has 1 spiro atoms. The van der Waals surface area contributed by atoms with Crippen molar-refractivity contribution >= 4 is 17.4 Å². The van der Waals surface area contributed by atoms with Crippen molar-refractivity contribution in [3.05, 3.63) is 89.0 Å². The highest BCUT2D eigenvalue weighted by Crippen LogP contribution is 2.39. The van der Waals surface area contributed by atoms with Gasteiger partial charge in [0.2, 0.25) is 0 Å². The molecule has 204 valence electrons. The van der Waals surface area contributed by atoms with Crippen molar-refractivity contribution in [1.29, 1.82) is 0 Å². The molecule has 0 atom stereocenters. The van der Waals surface area contributed by atoms with Gasteiger partial charge in [0.25, 0.3) is 5.91 Å². The van der Waals surface area contributed by atoms with Crippen LogP contribution in [0.25, 0.3) is 17.1 Å². The molecule has 0 saturated carbocycles. The van der Waals surface area contributed by atoms with Gasteiger partial charge in [-0.05, 0) is 70.9 Å². The predicted molar refractivity (Wildman–Crippen MR) is 155 cm³/mol. The number of piperidine rings is 1. The molecule has 40 heavy (non-hydrogen) atoms. The van der Waals surface area contributed by atoms with E-state index < -0.39 is 5.54 Å². The first-order valence-electron chi connectivity index (χ1n) is 13.9. The lowest BCUT2D eigenvalue weighted by molar-refractivity contribution is -0.123. The maximum absolute atomic E-state index is 13.8. The zero-order valence-corrected chi connectivity index (χ0v) is 23.5. The van der Waals surface area contributed by atoms with Gasteiger partial charge in [-0.1, -0.05) is 35.4 Å². The number of hydrogen-bond acceptors (Lipinski definition) is 6. The van der Waals surface area contributed by atoms with Crippen LogP contribution in [-0.4, -0.2) is 61.5 Å². The fourth-order valence-corrected chi connectivity index (χ4v) is 6.09. The monoisotopic (exact) mass is 534 g/mol. The Labute approximate surface area is 234 Å². The molecule has 2 aliphatic rings. The number of benzene rings is 2. The van der Waals surface area contributed by atoms with E-state index >= 15 is 0 Å². The van der Waals surface area contributed by atoms with Gasteiger partial charge in [-0.25, -0.2) is 4.68 Å². The minimum absolute atomic E-state index is 0.132. The molecule has 1 amide bonds. The van der Waals surface area contributed by atoms with Crippen LogP contribution in [0.4, 0.5) is 5.69 Å². The van der Waals surface area contributed by atoms with Gasteiger partial charge in [0.1, 0.15) is 11.2 Å². The average Bonchev–Trinajstić information content (AvgIpc) is 3.52. The molecule has 2 aromatic carbocycles. The van der Waals surface area contributed by atoms with E-state index in [-0.39, 0.29) is 11.7 Å². The number of hydrogen-bond donors (Lipinski definition) is 0. The van der Waals surface area contributed by atoms with Gasteiger partial charge in [-0.3, -0.25) is 19.6 Å². The van der Waals surface area contributed by atoms with Crippen LogP contribution in [-0.2, 0) is 4.79 Å². The standard InChI is InChI=1S/C32H34N6O2/c1-21-5-9-25(10-6-21)37-16-13-29(39)32(37)14-17-36(18-15-32)31(40)27-19-28(30-24(4)34-23(3)20-33-30)38(35-27)26-11-7-22(2)8-12-26/h5-12,19-20H,13-18H2,1-4H3. The van der Waals surface area contributed by atoms with E-state index in [0.717, 1.165) is 40.6 Å². The Morgan fingerprint density at radius 1 is 0.850 bits per heavy atom. The Morgan fingerprint density at radius 3 is 2.10 bits per heavy atom. The molecule has 0 unspecified atom stereocenters. The van der Waals surface area contributed by atoms with Gasteiger partial charge in [-0.15, -0.1) is 0 Å². The van der Waals surface area contributed by atoms with Crippen molar-refractivity contribution in [2.24, 2.45) is 0 Å². The van der Waals surface area contributed by atoms with Crippen molar-refractivity contribution in [2.45, 2.75) is 52.5 Å².